The molecule has 5 heterocycles. The van der Waals surface area contributed by atoms with Crippen molar-refractivity contribution in [2.75, 3.05) is 13.6 Å². The van der Waals surface area contributed by atoms with Crippen LogP contribution in [0.25, 0.3) is 10.2 Å². The van der Waals surface area contributed by atoms with Crippen LogP contribution in [0, 0.1) is 6.92 Å². The molecule has 1 saturated carbocycles. The number of aromatic nitrogens is 2. The standard InChI is InChI=1S/C35H42ClN5O4S/c1-19-37-30(25-12-14-46-31(25)38-19)27-18-26(27)24-11-8-20(15-28(24)36)32(42)39(5)23-16-21-9-10-22(17-23)41(21)33(43)29-7-6-13-40(29)34(44)45-35(2,3)4/h8,11-12,14-15,21-23,26-27,29H,6-7,9-10,13,16-18H2,1-5H3/t21-,22+,23?,26?,27?,29-/m0/s1. The second-order valence-corrected chi connectivity index (χ2v) is 15.8. The molecule has 1 aromatic carbocycles. The summed E-state index contributed by atoms with van der Waals surface area (Å²) < 4.78 is 5.61. The van der Waals surface area contributed by atoms with Crippen molar-refractivity contribution in [1.29, 1.82) is 0 Å². The van der Waals surface area contributed by atoms with E-state index in [-0.39, 0.29) is 35.9 Å². The second kappa shape index (κ2) is 11.8. The van der Waals surface area contributed by atoms with Gasteiger partial charge in [0.25, 0.3) is 5.91 Å². The first kappa shape index (κ1) is 31.4. The first-order valence-electron chi connectivity index (χ1n) is 16.5. The molecule has 6 atom stereocenters. The van der Waals surface area contributed by atoms with Crippen LogP contribution in [0.1, 0.15) is 105 Å². The van der Waals surface area contributed by atoms with E-state index in [0.29, 0.717) is 29.5 Å². The van der Waals surface area contributed by atoms with Crippen molar-refractivity contribution < 1.29 is 19.1 Å². The quantitative estimate of drug-likeness (QED) is 0.294. The van der Waals surface area contributed by atoms with Gasteiger partial charge < -0.3 is 14.5 Å². The summed E-state index contributed by atoms with van der Waals surface area (Å²) in [5.41, 5.74) is 2.12. The number of hydrogen-bond acceptors (Lipinski definition) is 7. The Hall–Kier alpha value is -3.24. The Morgan fingerprint density at radius 1 is 1.02 bits per heavy atom. The molecule has 3 unspecified atom stereocenters. The molecular weight excluding hydrogens is 622 g/mol. The Kier molecular flexibility index (Phi) is 8.03. The number of carbonyl (C=O) groups excluding carboxylic acids is 3. The van der Waals surface area contributed by atoms with Crippen LogP contribution in [0.5, 0.6) is 0 Å². The lowest BCUT2D eigenvalue weighted by Gasteiger charge is -2.43. The molecule has 0 radical (unpaired) electrons. The monoisotopic (exact) mass is 663 g/mol. The average Bonchev–Trinajstić information content (AvgIpc) is 3.28. The Morgan fingerprint density at radius 3 is 2.46 bits per heavy atom. The first-order chi connectivity index (χ1) is 21.9. The lowest BCUT2D eigenvalue weighted by Crippen LogP contribution is -2.57. The summed E-state index contributed by atoms with van der Waals surface area (Å²) in [7, 11) is 1.87. The van der Waals surface area contributed by atoms with Gasteiger partial charge in [0.1, 0.15) is 22.3 Å². The SMILES string of the molecule is Cc1nc(C2CC2c2ccc(C(=O)N(C)C3C[C@H]4CC[C@@H](C3)N4C(=O)[C@@H]3CCCN3C(=O)OC(C)(C)C)cc2Cl)c2ccsc2n1. The number of benzene rings is 1. The van der Waals surface area contributed by atoms with Crippen molar-refractivity contribution in [3.05, 3.63) is 57.3 Å². The highest BCUT2D eigenvalue weighted by Crippen LogP contribution is 2.57. The van der Waals surface area contributed by atoms with E-state index >= 15 is 0 Å². The van der Waals surface area contributed by atoms with E-state index in [2.05, 4.69) is 16.4 Å². The number of halogens is 1. The van der Waals surface area contributed by atoms with Crippen molar-refractivity contribution in [3.63, 3.8) is 0 Å². The van der Waals surface area contributed by atoms with E-state index in [9.17, 15) is 14.4 Å². The number of piperidine rings is 1. The molecule has 3 amide bonds. The average molecular weight is 664 g/mol. The van der Waals surface area contributed by atoms with Crippen molar-refractivity contribution in [3.8, 4) is 0 Å². The minimum atomic E-state index is -0.611. The molecule has 0 N–H and O–H groups in total. The first-order valence-corrected chi connectivity index (χ1v) is 17.8. The van der Waals surface area contributed by atoms with Gasteiger partial charge in [-0.15, -0.1) is 11.3 Å². The molecule has 2 aromatic heterocycles. The lowest BCUT2D eigenvalue weighted by atomic mass is 9.94. The van der Waals surface area contributed by atoms with Crippen molar-refractivity contribution in [2.45, 2.75) is 114 Å². The van der Waals surface area contributed by atoms with Gasteiger partial charge in [0.2, 0.25) is 5.91 Å². The van der Waals surface area contributed by atoms with Gasteiger partial charge in [-0.1, -0.05) is 17.7 Å². The van der Waals surface area contributed by atoms with E-state index in [0.717, 1.165) is 65.8 Å². The summed E-state index contributed by atoms with van der Waals surface area (Å²) in [5.74, 6) is 1.33. The van der Waals surface area contributed by atoms with Gasteiger partial charge in [-0.3, -0.25) is 14.5 Å². The summed E-state index contributed by atoms with van der Waals surface area (Å²) in [5, 5.41) is 3.80. The molecule has 3 aromatic rings. The maximum Gasteiger partial charge on any atom is 0.410 e. The summed E-state index contributed by atoms with van der Waals surface area (Å²) in [6.45, 7) is 8.00. The fourth-order valence-electron chi connectivity index (χ4n) is 8.00. The summed E-state index contributed by atoms with van der Waals surface area (Å²) in [4.78, 5) is 56.3. The minimum Gasteiger partial charge on any atom is -0.444 e. The molecule has 4 fully saturated rings. The molecule has 244 valence electrons. The number of nitrogens with zero attached hydrogens (tertiary/aromatic N) is 5. The van der Waals surface area contributed by atoms with Gasteiger partial charge in [0.15, 0.2) is 0 Å². The fraction of sp³-hybridized carbons (Fsp3) is 0.571. The van der Waals surface area contributed by atoms with E-state index < -0.39 is 17.7 Å². The highest BCUT2D eigenvalue weighted by Gasteiger charge is 2.49. The number of ether oxygens (including phenoxy) is 1. The molecule has 7 rings (SSSR count). The Morgan fingerprint density at radius 2 is 1.76 bits per heavy atom. The number of likely N-dealkylation sites (tertiary alicyclic amines) is 1. The van der Waals surface area contributed by atoms with Crippen LogP contribution >= 0.6 is 22.9 Å². The van der Waals surface area contributed by atoms with Crippen LogP contribution in [-0.2, 0) is 9.53 Å². The smallest absolute Gasteiger partial charge is 0.410 e. The number of thiophene rings is 1. The third kappa shape index (κ3) is 5.76. The highest BCUT2D eigenvalue weighted by atomic mass is 35.5. The van der Waals surface area contributed by atoms with E-state index in [1.54, 1.807) is 16.2 Å². The maximum atomic E-state index is 13.9. The Bertz CT molecular complexity index is 1690. The fourth-order valence-corrected chi connectivity index (χ4v) is 9.14. The molecule has 9 nitrogen and oxygen atoms in total. The van der Waals surface area contributed by atoms with Crippen LogP contribution in [-0.4, -0.2) is 85.9 Å². The van der Waals surface area contributed by atoms with Gasteiger partial charge in [-0.2, -0.15) is 0 Å². The van der Waals surface area contributed by atoms with Crippen molar-refractivity contribution in [1.82, 2.24) is 24.7 Å². The third-order valence-electron chi connectivity index (χ3n) is 10.3. The molecule has 1 aliphatic carbocycles. The van der Waals surface area contributed by atoms with Crippen molar-refractivity contribution >= 4 is 51.1 Å². The number of carbonyl (C=O) groups is 3. The zero-order valence-corrected chi connectivity index (χ0v) is 28.7. The second-order valence-electron chi connectivity index (χ2n) is 14.5. The molecular formula is C35H42ClN5O4S. The predicted octanol–water partition coefficient (Wildman–Crippen LogP) is 6.92. The van der Waals surface area contributed by atoms with Gasteiger partial charge in [0.05, 0.1) is 5.69 Å². The normalized spacial score (nSPS) is 27.3. The Labute approximate surface area is 279 Å². The predicted molar refractivity (Wildman–Crippen MR) is 178 cm³/mol. The molecule has 11 heteroatoms. The lowest BCUT2D eigenvalue weighted by molar-refractivity contribution is -0.141. The molecule has 2 bridgehead atoms. The van der Waals surface area contributed by atoms with Gasteiger partial charge in [-0.05, 0) is 108 Å². The number of aryl methyl sites for hydroxylation is 1. The molecule has 0 spiro atoms. The highest BCUT2D eigenvalue weighted by molar-refractivity contribution is 7.16. The summed E-state index contributed by atoms with van der Waals surface area (Å²) in [6, 6.07) is 7.50. The Balaban J connectivity index is 1.00. The van der Waals surface area contributed by atoms with E-state index in [1.165, 1.54) is 0 Å². The van der Waals surface area contributed by atoms with Gasteiger partial charge >= 0.3 is 6.09 Å². The summed E-state index contributed by atoms with van der Waals surface area (Å²) >= 11 is 8.48. The zero-order chi connectivity index (χ0) is 32.5. The van der Waals surface area contributed by atoms with Gasteiger partial charge in [-0.25, -0.2) is 14.8 Å². The van der Waals surface area contributed by atoms with Crippen LogP contribution in [0.15, 0.2) is 29.6 Å². The molecule has 3 saturated heterocycles. The zero-order valence-electron chi connectivity index (χ0n) is 27.2. The number of fused-ring (bicyclic) bond motifs is 3. The summed E-state index contributed by atoms with van der Waals surface area (Å²) in [6.07, 6.45) is 5.31. The maximum absolute atomic E-state index is 13.9. The van der Waals surface area contributed by atoms with Crippen LogP contribution in [0.3, 0.4) is 0 Å². The third-order valence-corrected chi connectivity index (χ3v) is 11.4. The number of rotatable bonds is 5. The topological polar surface area (TPSA) is 95.9 Å². The number of hydrogen-bond donors (Lipinski definition) is 0. The molecule has 46 heavy (non-hydrogen) atoms. The van der Waals surface area contributed by atoms with Crippen molar-refractivity contribution in [2.24, 2.45) is 0 Å². The van der Waals surface area contributed by atoms with Crippen LogP contribution in [0.2, 0.25) is 5.02 Å². The molecule has 4 aliphatic rings. The van der Waals surface area contributed by atoms with Crippen LogP contribution < -0.4 is 0 Å². The molecule has 3 aliphatic heterocycles. The van der Waals surface area contributed by atoms with E-state index in [4.69, 9.17) is 21.3 Å². The number of amides is 3. The van der Waals surface area contributed by atoms with Gasteiger partial charge in [0, 0.05) is 53.6 Å². The van der Waals surface area contributed by atoms with E-state index in [1.807, 2.05) is 62.7 Å². The largest absolute Gasteiger partial charge is 0.444 e. The minimum absolute atomic E-state index is 0.0277. The van der Waals surface area contributed by atoms with Crippen LogP contribution in [0.4, 0.5) is 4.79 Å².